The second kappa shape index (κ2) is 16.5. The van der Waals surface area contributed by atoms with Crippen molar-refractivity contribution >= 4 is 5.97 Å². The maximum Gasteiger partial charge on any atom is 0.309 e. The molecule has 4 N–H and O–H groups in total. The maximum absolute atomic E-state index is 12.5. The standard InChI is InChI=1S/C34H55NO3/c1-27(36)32(33(37)38)31(26-34(23-14-15-24-34)30-20-12-7-13-21-30)29(22-25-35)19-11-5-3-2-4-8-16-28-17-9-6-10-18-28/h2,4,7,12-13,20-21,27-29,31-32,36H,3,5-6,8-11,14-19,22-26,35H2,1H3,(H,37,38)/t27-,29-,31+,32-/m0/s1. The van der Waals surface area contributed by atoms with Crippen LogP contribution in [0.1, 0.15) is 122 Å². The number of carboxylic acids is 1. The zero-order chi connectivity index (χ0) is 27.2. The Morgan fingerprint density at radius 3 is 2.32 bits per heavy atom. The lowest BCUT2D eigenvalue weighted by Gasteiger charge is -2.40. The monoisotopic (exact) mass is 525 g/mol. The number of carboxylic acid groups (broad SMARTS) is 1. The highest BCUT2D eigenvalue weighted by Gasteiger charge is 2.44. The largest absolute Gasteiger partial charge is 0.481 e. The molecule has 2 fully saturated rings. The van der Waals surface area contributed by atoms with Crippen LogP contribution in [-0.2, 0) is 10.2 Å². The fourth-order valence-corrected chi connectivity index (χ4v) is 7.74. The Labute approximate surface area is 232 Å². The van der Waals surface area contributed by atoms with E-state index in [0.717, 1.165) is 57.3 Å². The molecular formula is C34H55NO3. The zero-order valence-corrected chi connectivity index (χ0v) is 24.0. The summed E-state index contributed by atoms with van der Waals surface area (Å²) >= 11 is 0. The molecule has 0 spiro atoms. The van der Waals surface area contributed by atoms with Gasteiger partial charge >= 0.3 is 5.97 Å². The van der Waals surface area contributed by atoms with Gasteiger partial charge in [0.15, 0.2) is 0 Å². The number of carbonyl (C=O) groups is 1. The molecule has 4 heteroatoms. The number of nitrogens with two attached hydrogens (primary N) is 1. The van der Waals surface area contributed by atoms with Crippen LogP contribution in [0.2, 0.25) is 0 Å². The number of hydrogen-bond donors (Lipinski definition) is 3. The summed E-state index contributed by atoms with van der Waals surface area (Å²) in [5, 5.41) is 20.9. The van der Waals surface area contributed by atoms with Crippen LogP contribution in [0, 0.1) is 23.7 Å². The minimum Gasteiger partial charge on any atom is -0.481 e. The van der Waals surface area contributed by atoms with Gasteiger partial charge in [-0.2, -0.15) is 0 Å². The van der Waals surface area contributed by atoms with Gasteiger partial charge < -0.3 is 15.9 Å². The van der Waals surface area contributed by atoms with Gasteiger partial charge in [-0.05, 0) is 93.6 Å². The lowest BCUT2D eigenvalue weighted by atomic mass is 9.64. The normalized spacial score (nSPS) is 21.3. The Balaban J connectivity index is 1.63. The summed E-state index contributed by atoms with van der Waals surface area (Å²) in [5.74, 6) is -0.549. The van der Waals surface area contributed by atoms with Crippen LogP contribution in [0.4, 0.5) is 0 Å². The Morgan fingerprint density at radius 2 is 1.68 bits per heavy atom. The molecule has 0 saturated heterocycles. The van der Waals surface area contributed by atoms with E-state index in [0.29, 0.717) is 6.54 Å². The summed E-state index contributed by atoms with van der Waals surface area (Å²) in [6.45, 7) is 2.22. The first-order valence-corrected chi connectivity index (χ1v) is 15.8. The van der Waals surface area contributed by atoms with E-state index in [9.17, 15) is 15.0 Å². The predicted octanol–water partition coefficient (Wildman–Crippen LogP) is 8.03. The number of rotatable bonds is 17. The van der Waals surface area contributed by atoms with E-state index in [1.165, 1.54) is 63.4 Å². The topological polar surface area (TPSA) is 83.5 Å². The first-order chi connectivity index (χ1) is 18.5. The van der Waals surface area contributed by atoms with Crippen LogP contribution in [0.5, 0.6) is 0 Å². The molecule has 214 valence electrons. The highest BCUT2D eigenvalue weighted by Crippen LogP contribution is 2.49. The molecule has 0 bridgehead atoms. The van der Waals surface area contributed by atoms with Crippen molar-refractivity contribution in [3.8, 4) is 0 Å². The number of aliphatic hydroxyl groups excluding tert-OH is 1. The average Bonchev–Trinajstić information content (AvgIpc) is 3.39. The van der Waals surface area contributed by atoms with Crippen LogP contribution in [0.25, 0.3) is 0 Å². The molecule has 2 aliphatic carbocycles. The molecule has 2 aliphatic rings. The molecule has 4 atom stereocenters. The van der Waals surface area contributed by atoms with Gasteiger partial charge in [0.25, 0.3) is 0 Å². The van der Waals surface area contributed by atoms with Gasteiger partial charge in [-0.3, -0.25) is 4.79 Å². The van der Waals surface area contributed by atoms with Gasteiger partial charge in [0.1, 0.15) is 0 Å². The zero-order valence-electron chi connectivity index (χ0n) is 24.0. The van der Waals surface area contributed by atoms with Crippen LogP contribution in [-0.4, -0.2) is 28.8 Å². The van der Waals surface area contributed by atoms with Crippen molar-refractivity contribution in [2.75, 3.05) is 6.54 Å². The number of allylic oxidation sites excluding steroid dienone is 2. The highest BCUT2D eigenvalue weighted by atomic mass is 16.4. The fourth-order valence-electron chi connectivity index (χ4n) is 7.74. The smallest absolute Gasteiger partial charge is 0.309 e. The Morgan fingerprint density at radius 1 is 1.00 bits per heavy atom. The number of aliphatic carboxylic acids is 1. The van der Waals surface area contributed by atoms with E-state index in [1.54, 1.807) is 6.92 Å². The quantitative estimate of drug-likeness (QED) is 0.142. The molecule has 0 aliphatic heterocycles. The summed E-state index contributed by atoms with van der Waals surface area (Å²) in [6.07, 6.45) is 24.0. The van der Waals surface area contributed by atoms with Crippen molar-refractivity contribution in [2.24, 2.45) is 29.4 Å². The van der Waals surface area contributed by atoms with Crippen molar-refractivity contribution in [1.29, 1.82) is 0 Å². The van der Waals surface area contributed by atoms with E-state index < -0.39 is 18.0 Å². The van der Waals surface area contributed by atoms with Gasteiger partial charge in [0.2, 0.25) is 0 Å². The molecule has 0 unspecified atom stereocenters. The first-order valence-electron chi connectivity index (χ1n) is 15.8. The number of unbranched alkanes of at least 4 members (excludes halogenated alkanes) is 2. The lowest BCUT2D eigenvalue weighted by Crippen LogP contribution is -2.41. The third-order valence-corrected chi connectivity index (χ3v) is 9.81. The molecule has 2 saturated carbocycles. The lowest BCUT2D eigenvalue weighted by molar-refractivity contribution is -0.150. The summed E-state index contributed by atoms with van der Waals surface area (Å²) in [4.78, 5) is 12.5. The maximum atomic E-state index is 12.5. The molecule has 3 rings (SSSR count). The SMILES string of the molecule is C[C@H](O)[C@H](C(=O)O)[C@H](CC1(c2ccccc2)CCCC1)[C@H](CCN)CCCCC=CCCC1CCCCC1. The van der Waals surface area contributed by atoms with E-state index in [2.05, 4.69) is 42.5 Å². The second-order valence-electron chi connectivity index (χ2n) is 12.5. The van der Waals surface area contributed by atoms with Gasteiger partial charge in [0, 0.05) is 0 Å². The number of aliphatic hydroxyl groups is 1. The second-order valence-corrected chi connectivity index (χ2v) is 12.5. The molecule has 1 aromatic carbocycles. The first kappa shape index (κ1) is 30.9. The van der Waals surface area contributed by atoms with Gasteiger partial charge in [0.05, 0.1) is 12.0 Å². The third kappa shape index (κ3) is 9.23. The number of hydrogen-bond acceptors (Lipinski definition) is 3. The van der Waals surface area contributed by atoms with Crippen molar-refractivity contribution in [3.05, 3.63) is 48.0 Å². The van der Waals surface area contributed by atoms with Crippen molar-refractivity contribution < 1.29 is 15.0 Å². The summed E-state index contributed by atoms with van der Waals surface area (Å²) in [6, 6.07) is 10.7. The number of benzene rings is 1. The van der Waals surface area contributed by atoms with Crippen LogP contribution >= 0.6 is 0 Å². The molecular weight excluding hydrogens is 470 g/mol. The molecule has 0 heterocycles. The summed E-state index contributed by atoms with van der Waals surface area (Å²) in [5.41, 5.74) is 7.44. The van der Waals surface area contributed by atoms with Crippen molar-refractivity contribution in [1.82, 2.24) is 0 Å². The molecule has 0 aromatic heterocycles. The van der Waals surface area contributed by atoms with Crippen molar-refractivity contribution in [2.45, 2.75) is 128 Å². The highest BCUT2D eigenvalue weighted by molar-refractivity contribution is 5.71. The Bertz CT molecular complexity index is 808. The summed E-state index contributed by atoms with van der Waals surface area (Å²) < 4.78 is 0. The molecule has 0 radical (unpaired) electrons. The molecule has 38 heavy (non-hydrogen) atoms. The minimum atomic E-state index is -0.876. The average molecular weight is 526 g/mol. The van der Waals surface area contributed by atoms with Gasteiger partial charge in [-0.15, -0.1) is 0 Å². The Hall–Kier alpha value is -1.65. The van der Waals surface area contributed by atoms with E-state index in [-0.39, 0.29) is 17.3 Å². The van der Waals surface area contributed by atoms with Crippen LogP contribution in [0.15, 0.2) is 42.5 Å². The van der Waals surface area contributed by atoms with E-state index in [4.69, 9.17) is 5.73 Å². The van der Waals surface area contributed by atoms with E-state index >= 15 is 0 Å². The van der Waals surface area contributed by atoms with E-state index in [1.807, 2.05) is 0 Å². The van der Waals surface area contributed by atoms with Crippen LogP contribution in [0.3, 0.4) is 0 Å². The third-order valence-electron chi connectivity index (χ3n) is 9.81. The summed E-state index contributed by atoms with van der Waals surface area (Å²) in [7, 11) is 0. The van der Waals surface area contributed by atoms with Gasteiger partial charge in [-0.25, -0.2) is 0 Å². The molecule has 4 nitrogen and oxygen atoms in total. The van der Waals surface area contributed by atoms with Crippen molar-refractivity contribution in [3.63, 3.8) is 0 Å². The van der Waals surface area contributed by atoms with Gasteiger partial charge in [-0.1, -0.05) is 100 Å². The minimum absolute atomic E-state index is 0.00242. The fraction of sp³-hybridized carbons (Fsp3) is 0.735. The predicted molar refractivity (Wildman–Crippen MR) is 158 cm³/mol. The molecule has 1 aromatic rings. The Kier molecular flexibility index (Phi) is 13.4. The molecule has 0 amide bonds. The van der Waals surface area contributed by atoms with Crippen LogP contribution < -0.4 is 5.73 Å².